The van der Waals surface area contributed by atoms with E-state index in [-0.39, 0.29) is 17.3 Å². The number of likely N-dealkylation sites (tertiary alicyclic amines) is 1. The summed E-state index contributed by atoms with van der Waals surface area (Å²) in [6.07, 6.45) is 5.06. The van der Waals surface area contributed by atoms with E-state index in [1.165, 1.54) is 11.0 Å². The average molecular weight is 226 g/mol. The molecule has 1 aliphatic heterocycles. The highest BCUT2D eigenvalue weighted by Gasteiger charge is 2.16. The van der Waals surface area contributed by atoms with Crippen LogP contribution in [0.5, 0.6) is 0 Å². The molecule has 2 heterocycles. The van der Waals surface area contributed by atoms with Gasteiger partial charge in [-0.25, -0.2) is 0 Å². The Balaban J connectivity index is 1.97. The van der Waals surface area contributed by atoms with Gasteiger partial charge in [0.2, 0.25) is 5.91 Å². The Hall–Kier alpha value is -1.10. The van der Waals surface area contributed by atoms with Gasteiger partial charge in [-0.1, -0.05) is 11.3 Å². The van der Waals surface area contributed by atoms with Crippen LogP contribution in [0, 0.1) is 0 Å². The van der Waals surface area contributed by atoms with Crippen molar-refractivity contribution in [3.05, 3.63) is 21.2 Å². The molecule has 82 valence electrons. The van der Waals surface area contributed by atoms with Crippen LogP contribution in [0.25, 0.3) is 0 Å². The molecule has 0 saturated carbocycles. The van der Waals surface area contributed by atoms with Crippen molar-refractivity contribution in [2.24, 2.45) is 0 Å². The second-order valence-electron chi connectivity index (χ2n) is 3.74. The van der Waals surface area contributed by atoms with Crippen LogP contribution in [0.4, 0.5) is 0 Å². The number of rotatable bonds is 2. The summed E-state index contributed by atoms with van der Waals surface area (Å²) in [5.74, 6) is 0.0650. The Labute approximate surface area is 92.1 Å². The quantitative estimate of drug-likeness (QED) is 0.752. The van der Waals surface area contributed by atoms with E-state index in [2.05, 4.69) is 0 Å². The first-order valence-corrected chi connectivity index (χ1v) is 6.07. The third kappa shape index (κ3) is 2.47. The zero-order valence-electron chi connectivity index (χ0n) is 8.52. The molecule has 0 N–H and O–H groups in total. The van der Waals surface area contributed by atoms with E-state index in [4.69, 9.17) is 0 Å². The number of piperidine rings is 1. The number of hydrogen-bond donors (Lipinski definition) is 0. The minimum atomic E-state index is -0.0552. The summed E-state index contributed by atoms with van der Waals surface area (Å²) in [4.78, 5) is 24.8. The monoisotopic (exact) mass is 226 g/mol. The topological polar surface area (TPSA) is 42.3 Å². The minimum absolute atomic E-state index is 0.0552. The Kier molecular flexibility index (Phi) is 3.20. The Morgan fingerprint density at radius 2 is 2.07 bits per heavy atom. The van der Waals surface area contributed by atoms with Gasteiger partial charge in [0, 0.05) is 24.7 Å². The molecule has 1 amide bonds. The Morgan fingerprint density at radius 3 is 2.67 bits per heavy atom. The van der Waals surface area contributed by atoms with E-state index in [1.54, 1.807) is 11.6 Å². The summed E-state index contributed by atoms with van der Waals surface area (Å²) < 4.78 is 1.47. The maximum Gasteiger partial charge on any atom is 0.307 e. The van der Waals surface area contributed by atoms with Gasteiger partial charge >= 0.3 is 4.87 Å². The lowest BCUT2D eigenvalue weighted by Gasteiger charge is -2.26. The molecule has 0 spiro atoms. The van der Waals surface area contributed by atoms with Crippen LogP contribution in [0.3, 0.4) is 0 Å². The van der Waals surface area contributed by atoms with Crippen LogP contribution >= 0.6 is 11.3 Å². The number of carbonyl (C=O) groups excluding carboxylic acids is 1. The summed E-state index contributed by atoms with van der Waals surface area (Å²) >= 11 is 1.13. The summed E-state index contributed by atoms with van der Waals surface area (Å²) in [6.45, 7) is 1.89. The number of nitrogens with zero attached hydrogens (tertiary/aromatic N) is 2. The smallest absolute Gasteiger partial charge is 0.307 e. The molecular weight excluding hydrogens is 212 g/mol. The second kappa shape index (κ2) is 4.61. The molecule has 15 heavy (non-hydrogen) atoms. The SMILES string of the molecule is O=C(Cn1ccsc1=O)N1CCCCC1. The van der Waals surface area contributed by atoms with Crippen LogP contribution < -0.4 is 4.87 Å². The highest BCUT2D eigenvalue weighted by atomic mass is 32.1. The van der Waals surface area contributed by atoms with Crippen LogP contribution in [-0.4, -0.2) is 28.5 Å². The standard InChI is InChI=1S/C10H14N2O2S/c13-9(11-4-2-1-3-5-11)8-12-6-7-15-10(12)14/h6-7H,1-5,8H2. The molecule has 1 saturated heterocycles. The van der Waals surface area contributed by atoms with Gasteiger partial charge in [-0.2, -0.15) is 0 Å². The molecule has 1 aliphatic rings. The maximum absolute atomic E-state index is 11.8. The average Bonchev–Trinajstić information content (AvgIpc) is 2.66. The predicted molar refractivity (Wildman–Crippen MR) is 59.0 cm³/mol. The number of aromatic nitrogens is 1. The number of thiazole rings is 1. The van der Waals surface area contributed by atoms with Crippen LogP contribution in [0.15, 0.2) is 16.4 Å². The molecule has 0 bridgehead atoms. The molecule has 1 fully saturated rings. The minimum Gasteiger partial charge on any atom is -0.341 e. The zero-order valence-corrected chi connectivity index (χ0v) is 9.33. The second-order valence-corrected chi connectivity index (χ2v) is 4.60. The lowest BCUT2D eigenvalue weighted by Crippen LogP contribution is -2.38. The molecule has 0 radical (unpaired) electrons. The van der Waals surface area contributed by atoms with Gasteiger partial charge in [-0.3, -0.25) is 14.2 Å². The van der Waals surface area contributed by atoms with E-state index in [1.807, 2.05) is 4.90 Å². The fraction of sp³-hybridized carbons (Fsp3) is 0.600. The lowest BCUT2D eigenvalue weighted by molar-refractivity contribution is -0.132. The van der Waals surface area contributed by atoms with Gasteiger partial charge in [0.25, 0.3) is 0 Å². The molecule has 1 aromatic heterocycles. The Bertz CT molecular complexity index is 390. The van der Waals surface area contributed by atoms with Crippen molar-refractivity contribution in [2.45, 2.75) is 25.8 Å². The maximum atomic E-state index is 11.8. The number of carbonyl (C=O) groups is 1. The van der Waals surface area contributed by atoms with Crippen molar-refractivity contribution in [3.63, 3.8) is 0 Å². The largest absolute Gasteiger partial charge is 0.341 e. The molecule has 1 aromatic rings. The van der Waals surface area contributed by atoms with E-state index >= 15 is 0 Å². The highest BCUT2D eigenvalue weighted by Crippen LogP contribution is 2.09. The summed E-state index contributed by atoms with van der Waals surface area (Å²) in [5.41, 5.74) is 0. The third-order valence-electron chi connectivity index (χ3n) is 2.66. The molecule has 0 aliphatic carbocycles. The summed E-state index contributed by atoms with van der Waals surface area (Å²) in [6, 6.07) is 0. The molecule has 2 rings (SSSR count). The number of hydrogen-bond acceptors (Lipinski definition) is 3. The molecule has 4 nitrogen and oxygen atoms in total. The summed E-state index contributed by atoms with van der Waals surface area (Å²) in [5, 5.41) is 1.71. The molecular formula is C10H14N2O2S. The highest BCUT2D eigenvalue weighted by molar-refractivity contribution is 7.07. The zero-order chi connectivity index (χ0) is 10.7. The molecule has 0 atom stereocenters. The van der Waals surface area contributed by atoms with Gasteiger partial charge in [-0.05, 0) is 19.3 Å². The van der Waals surface area contributed by atoms with Crippen molar-refractivity contribution in [3.8, 4) is 0 Å². The van der Waals surface area contributed by atoms with Gasteiger partial charge in [0.15, 0.2) is 0 Å². The lowest BCUT2D eigenvalue weighted by atomic mass is 10.1. The third-order valence-corrected chi connectivity index (χ3v) is 3.35. The van der Waals surface area contributed by atoms with E-state index in [0.29, 0.717) is 0 Å². The van der Waals surface area contributed by atoms with Crippen molar-refractivity contribution in [1.82, 2.24) is 9.47 Å². The molecule has 0 unspecified atom stereocenters. The van der Waals surface area contributed by atoms with Crippen molar-refractivity contribution in [1.29, 1.82) is 0 Å². The van der Waals surface area contributed by atoms with Crippen LogP contribution in [0.1, 0.15) is 19.3 Å². The summed E-state index contributed by atoms with van der Waals surface area (Å²) in [7, 11) is 0. The van der Waals surface area contributed by atoms with Gasteiger partial charge in [-0.15, -0.1) is 0 Å². The van der Waals surface area contributed by atoms with Crippen molar-refractivity contribution >= 4 is 17.2 Å². The molecule has 0 aromatic carbocycles. The normalized spacial score (nSPS) is 16.7. The van der Waals surface area contributed by atoms with E-state index < -0.39 is 0 Å². The van der Waals surface area contributed by atoms with E-state index in [9.17, 15) is 9.59 Å². The fourth-order valence-corrected chi connectivity index (χ4v) is 2.38. The van der Waals surface area contributed by atoms with Gasteiger partial charge in [0.1, 0.15) is 6.54 Å². The van der Waals surface area contributed by atoms with Crippen molar-refractivity contribution < 1.29 is 4.79 Å². The van der Waals surface area contributed by atoms with Gasteiger partial charge in [0.05, 0.1) is 0 Å². The molecule has 5 heteroatoms. The first-order chi connectivity index (χ1) is 7.27. The van der Waals surface area contributed by atoms with Crippen LogP contribution in [0.2, 0.25) is 0 Å². The first-order valence-electron chi connectivity index (χ1n) is 5.19. The number of amides is 1. The Morgan fingerprint density at radius 1 is 1.33 bits per heavy atom. The van der Waals surface area contributed by atoms with Gasteiger partial charge < -0.3 is 4.90 Å². The first kappa shape index (κ1) is 10.4. The van der Waals surface area contributed by atoms with Crippen molar-refractivity contribution in [2.75, 3.05) is 13.1 Å². The van der Waals surface area contributed by atoms with E-state index in [0.717, 1.165) is 37.3 Å². The van der Waals surface area contributed by atoms with Crippen LogP contribution in [-0.2, 0) is 11.3 Å². The predicted octanol–water partition coefficient (Wildman–Crippen LogP) is 0.922. The fourth-order valence-electron chi connectivity index (χ4n) is 1.80.